The molecule has 7 nitrogen and oxygen atoms in total. The fourth-order valence-corrected chi connectivity index (χ4v) is 2.30. The first-order valence-corrected chi connectivity index (χ1v) is 6.37. The van der Waals surface area contributed by atoms with Gasteiger partial charge in [0, 0.05) is 0 Å². The standard InChI is InChI=1S/C11H5ClN4O3S/c12-9-3-7(8(5-14-9)16(18)19)10(17)15-11-6(4-13)1-2-20-11/h1-3,5H,(H,15,17). The molecule has 0 fully saturated rings. The monoisotopic (exact) mass is 308 g/mol. The quantitative estimate of drug-likeness (QED) is 0.532. The molecule has 2 aromatic rings. The molecule has 0 aliphatic carbocycles. The number of nitro groups is 1. The Balaban J connectivity index is 2.37. The summed E-state index contributed by atoms with van der Waals surface area (Å²) in [6.45, 7) is 0. The Hall–Kier alpha value is -2.50. The molecule has 20 heavy (non-hydrogen) atoms. The molecule has 0 aliphatic heterocycles. The van der Waals surface area contributed by atoms with Crippen molar-refractivity contribution >= 4 is 39.5 Å². The molecule has 0 unspecified atom stereocenters. The van der Waals surface area contributed by atoms with Crippen molar-refractivity contribution in [2.75, 3.05) is 5.32 Å². The minimum absolute atomic E-state index is 0.0348. The Kier molecular flexibility index (Phi) is 3.93. The molecule has 100 valence electrons. The summed E-state index contributed by atoms with van der Waals surface area (Å²) < 4.78 is 0. The number of nitrogens with one attached hydrogen (secondary N) is 1. The molecule has 2 heterocycles. The van der Waals surface area contributed by atoms with Gasteiger partial charge in [-0.15, -0.1) is 11.3 Å². The Morgan fingerprint density at radius 3 is 3.00 bits per heavy atom. The molecule has 0 spiro atoms. The normalized spacial score (nSPS) is 9.80. The van der Waals surface area contributed by atoms with Gasteiger partial charge in [-0.3, -0.25) is 14.9 Å². The zero-order valence-electron chi connectivity index (χ0n) is 9.66. The summed E-state index contributed by atoms with van der Waals surface area (Å²) in [6.07, 6.45) is 0.914. The number of aromatic nitrogens is 1. The minimum atomic E-state index is -0.724. The molecule has 0 bridgehead atoms. The highest BCUT2D eigenvalue weighted by atomic mass is 35.5. The van der Waals surface area contributed by atoms with Crippen molar-refractivity contribution < 1.29 is 9.72 Å². The van der Waals surface area contributed by atoms with Gasteiger partial charge in [0.1, 0.15) is 28.0 Å². The number of pyridine rings is 1. The third kappa shape index (κ3) is 2.74. The van der Waals surface area contributed by atoms with Crippen LogP contribution in [-0.2, 0) is 0 Å². The van der Waals surface area contributed by atoms with E-state index in [1.807, 2.05) is 6.07 Å². The van der Waals surface area contributed by atoms with E-state index in [1.54, 1.807) is 5.38 Å². The maximum Gasteiger partial charge on any atom is 0.300 e. The van der Waals surface area contributed by atoms with E-state index in [0.29, 0.717) is 5.00 Å². The molecular formula is C11H5ClN4O3S. The number of hydrogen-bond donors (Lipinski definition) is 1. The van der Waals surface area contributed by atoms with Gasteiger partial charge >= 0.3 is 0 Å². The van der Waals surface area contributed by atoms with E-state index in [1.165, 1.54) is 6.07 Å². The average Bonchev–Trinajstić information content (AvgIpc) is 2.85. The first-order valence-electron chi connectivity index (χ1n) is 5.12. The summed E-state index contributed by atoms with van der Waals surface area (Å²) in [5.41, 5.74) is -0.389. The molecule has 2 aromatic heterocycles. The number of anilines is 1. The van der Waals surface area contributed by atoms with E-state index in [9.17, 15) is 14.9 Å². The second-order valence-corrected chi connectivity index (χ2v) is 4.81. The van der Waals surface area contributed by atoms with Gasteiger partial charge < -0.3 is 5.32 Å². The lowest BCUT2D eigenvalue weighted by molar-refractivity contribution is -0.385. The summed E-state index contributed by atoms with van der Waals surface area (Å²) in [5, 5.41) is 24.1. The van der Waals surface area contributed by atoms with Crippen LogP contribution in [0.1, 0.15) is 15.9 Å². The molecule has 9 heteroatoms. The number of carbonyl (C=O) groups is 1. The van der Waals surface area contributed by atoms with Gasteiger partial charge in [-0.1, -0.05) is 11.6 Å². The van der Waals surface area contributed by atoms with E-state index < -0.39 is 16.5 Å². The predicted molar refractivity (Wildman–Crippen MR) is 72.9 cm³/mol. The summed E-state index contributed by atoms with van der Waals surface area (Å²) >= 11 is 6.79. The summed E-state index contributed by atoms with van der Waals surface area (Å²) in [7, 11) is 0. The van der Waals surface area contributed by atoms with Crippen LogP contribution >= 0.6 is 22.9 Å². The van der Waals surface area contributed by atoms with Gasteiger partial charge in [-0.25, -0.2) is 4.98 Å². The van der Waals surface area contributed by atoms with Crippen LogP contribution in [0.3, 0.4) is 0 Å². The summed E-state index contributed by atoms with van der Waals surface area (Å²) in [4.78, 5) is 25.8. The first kappa shape index (κ1) is 13.9. The van der Waals surface area contributed by atoms with Gasteiger partial charge in [-0.05, 0) is 17.5 Å². The number of amides is 1. The molecule has 0 radical (unpaired) electrons. The molecule has 2 rings (SSSR count). The number of halogens is 1. The largest absolute Gasteiger partial charge is 0.312 e. The fourth-order valence-electron chi connectivity index (χ4n) is 1.41. The van der Waals surface area contributed by atoms with Gasteiger partial charge in [0.05, 0.1) is 10.5 Å². The van der Waals surface area contributed by atoms with Crippen molar-refractivity contribution in [1.82, 2.24) is 4.98 Å². The van der Waals surface area contributed by atoms with Crippen LogP contribution in [-0.4, -0.2) is 15.8 Å². The van der Waals surface area contributed by atoms with E-state index in [4.69, 9.17) is 16.9 Å². The molecule has 0 aromatic carbocycles. The lowest BCUT2D eigenvalue weighted by Gasteiger charge is -2.04. The van der Waals surface area contributed by atoms with Crippen LogP contribution in [0.25, 0.3) is 0 Å². The van der Waals surface area contributed by atoms with Crippen LogP contribution in [0.5, 0.6) is 0 Å². The Morgan fingerprint density at radius 1 is 1.60 bits per heavy atom. The topological polar surface area (TPSA) is 109 Å². The number of rotatable bonds is 3. The lowest BCUT2D eigenvalue weighted by atomic mass is 10.2. The van der Waals surface area contributed by atoms with Crippen LogP contribution in [0.2, 0.25) is 5.15 Å². The maximum absolute atomic E-state index is 12.1. The first-order chi connectivity index (χ1) is 9.52. The van der Waals surface area contributed by atoms with Crippen molar-refractivity contribution in [3.8, 4) is 6.07 Å². The third-order valence-corrected chi connectivity index (χ3v) is 3.34. The molecule has 0 aliphatic rings. The van der Waals surface area contributed by atoms with Crippen LogP contribution in [0.4, 0.5) is 10.7 Å². The van der Waals surface area contributed by atoms with Crippen molar-refractivity contribution in [3.63, 3.8) is 0 Å². The molecule has 0 saturated heterocycles. The highest BCUT2D eigenvalue weighted by Crippen LogP contribution is 2.25. The Morgan fingerprint density at radius 2 is 2.35 bits per heavy atom. The van der Waals surface area contributed by atoms with Crippen LogP contribution in [0.15, 0.2) is 23.7 Å². The number of thiophene rings is 1. The average molecular weight is 309 g/mol. The second-order valence-electron chi connectivity index (χ2n) is 3.51. The van der Waals surface area contributed by atoms with Crippen LogP contribution < -0.4 is 5.32 Å². The fraction of sp³-hybridized carbons (Fsp3) is 0. The van der Waals surface area contributed by atoms with Gasteiger partial charge in [0.2, 0.25) is 0 Å². The number of nitrogens with zero attached hydrogens (tertiary/aromatic N) is 3. The number of hydrogen-bond acceptors (Lipinski definition) is 6. The Bertz CT molecular complexity index is 738. The highest BCUT2D eigenvalue weighted by molar-refractivity contribution is 7.14. The lowest BCUT2D eigenvalue weighted by Crippen LogP contribution is -2.14. The van der Waals surface area contributed by atoms with E-state index in [-0.39, 0.29) is 16.3 Å². The van der Waals surface area contributed by atoms with E-state index in [0.717, 1.165) is 23.6 Å². The Labute approximate surface area is 121 Å². The van der Waals surface area contributed by atoms with Gasteiger partial charge in [0.25, 0.3) is 11.6 Å². The van der Waals surface area contributed by atoms with Crippen LogP contribution in [0, 0.1) is 21.4 Å². The number of carbonyl (C=O) groups excluding carboxylic acids is 1. The minimum Gasteiger partial charge on any atom is -0.312 e. The smallest absolute Gasteiger partial charge is 0.300 e. The van der Waals surface area contributed by atoms with Gasteiger partial charge in [-0.2, -0.15) is 5.26 Å². The molecule has 1 amide bonds. The third-order valence-electron chi connectivity index (χ3n) is 2.30. The molecule has 1 N–H and O–H groups in total. The SMILES string of the molecule is N#Cc1ccsc1NC(=O)c1cc(Cl)ncc1[N+](=O)[O-]. The molecular weight excluding hydrogens is 304 g/mol. The zero-order valence-corrected chi connectivity index (χ0v) is 11.2. The number of nitriles is 1. The predicted octanol–water partition coefficient (Wildman–Crippen LogP) is 2.83. The van der Waals surface area contributed by atoms with E-state index >= 15 is 0 Å². The second kappa shape index (κ2) is 5.64. The van der Waals surface area contributed by atoms with Crippen molar-refractivity contribution in [2.45, 2.75) is 0 Å². The van der Waals surface area contributed by atoms with Gasteiger partial charge in [0.15, 0.2) is 0 Å². The summed E-state index contributed by atoms with van der Waals surface area (Å²) in [5.74, 6) is -0.722. The molecule has 0 saturated carbocycles. The summed E-state index contributed by atoms with van der Waals surface area (Å²) in [6, 6.07) is 4.55. The maximum atomic E-state index is 12.1. The van der Waals surface area contributed by atoms with Crippen molar-refractivity contribution in [3.05, 3.63) is 50.1 Å². The molecule has 0 atom stereocenters. The zero-order chi connectivity index (χ0) is 14.7. The highest BCUT2D eigenvalue weighted by Gasteiger charge is 2.22. The van der Waals surface area contributed by atoms with Crippen molar-refractivity contribution in [2.24, 2.45) is 0 Å². The van der Waals surface area contributed by atoms with Crippen molar-refractivity contribution in [1.29, 1.82) is 5.26 Å². The van der Waals surface area contributed by atoms with E-state index in [2.05, 4.69) is 10.3 Å².